The fourth-order valence-corrected chi connectivity index (χ4v) is 3.03. The van der Waals surface area contributed by atoms with Gasteiger partial charge in [0.05, 0.1) is 52.9 Å². The van der Waals surface area contributed by atoms with Gasteiger partial charge < -0.3 is 18.9 Å². The van der Waals surface area contributed by atoms with Gasteiger partial charge in [0.1, 0.15) is 5.78 Å². The molecule has 0 saturated carbocycles. The molecule has 0 N–H and O–H groups in total. The molecule has 0 amide bonds. The van der Waals surface area contributed by atoms with Crippen LogP contribution in [-0.4, -0.2) is 65.2 Å². The fourth-order valence-electron chi connectivity index (χ4n) is 3.03. The fraction of sp³-hybridized carbons (Fsp3) is 0.957. The largest absolute Gasteiger partial charge is 0.379 e. The number of rotatable bonds is 26. The first-order chi connectivity index (χ1) is 15.3. The third kappa shape index (κ3) is 26.8. The lowest BCUT2D eigenvalue weighted by Gasteiger charge is -2.07. The second kappa shape index (κ2) is 26.9. The van der Waals surface area contributed by atoms with Crippen molar-refractivity contribution in [1.29, 1.82) is 0 Å². The molecule has 0 radical (unpaired) electrons. The lowest BCUT2D eigenvalue weighted by Crippen LogP contribution is -2.13. The van der Waals surface area contributed by atoms with Crippen molar-refractivity contribution in [2.75, 3.05) is 59.4 Å². The number of carbonyl (C=O) groups is 1. The van der Waals surface area contributed by atoms with Gasteiger partial charge in [0, 0.05) is 24.3 Å². The van der Waals surface area contributed by atoms with Gasteiger partial charge in [0.15, 0.2) is 0 Å². The number of Topliss-reactive ketones (excluding diaryl/α,β-unsaturated/α-hetero) is 1. The second-order valence-corrected chi connectivity index (χ2v) is 7.62. The highest BCUT2D eigenvalue weighted by Crippen LogP contribution is 2.11. The Hall–Kier alpha value is -1.18. The number of carbonyl (C=O) groups excluding carboxylic acids is 1. The molecule has 0 aliphatic rings. The summed E-state index contributed by atoms with van der Waals surface area (Å²) in [5.41, 5.74) is 8.11. The summed E-state index contributed by atoms with van der Waals surface area (Å²) in [7, 11) is 0. The lowest BCUT2D eigenvalue weighted by atomic mass is 10.0. The zero-order valence-electron chi connectivity index (χ0n) is 19.7. The molecule has 0 aliphatic carbocycles. The van der Waals surface area contributed by atoms with Crippen LogP contribution < -0.4 is 0 Å². The number of azide groups is 1. The molecule has 0 bridgehead atoms. The maximum absolute atomic E-state index is 11.9. The van der Waals surface area contributed by atoms with Crippen LogP contribution in [0.3, 0.4) is 0 Å². The molecule has 0 heterocycles. The smallest absolute Gasteiger partial charge is 0.135 e. The van der Waals surface area contributed by atoms with Gasteiger partial charge in [-0.05, 0) is 12.0 Å². The highest BCUT2D eigenvalue weighted by Gasteiger charge is 2.02. The van der Waals surface area contributed by atoms with Crippen LogP contribution in [-0.2, 0) is 23.7 Å². The molecule has 0 spiro atoms. The SMILES string of the molecule is CCCCCCCCCCCCC(=O)CCOCCOCCOCCOCCN=[N+]=[N-]. The first kappa shape index (κ1) is 29.8. The predicted molar refractivity (Wildman–Crippen MR) is 123 cm³/mol. The van der Waals surface area contributed by atoms with E-state index in [0.717, 1.165) is 6.42 Å². The Morgan fingerprint density at radius 1 is 0.645 bits per heavy atom. The summed E-state index contributed by atoms with van der Waals surface area (Å²) in [5, 5.41) is 3.37. The summed E-state index contributed by atoms with van der Waals surface area (Å²) < 4.78 is 21.4. The van der Waals surface area contributed by atoms with Gasteiger partial charge in [0.2, 0.25) is 0 Å². The van der Waals surface area contributed by atoms with E-state index in [1.54, 1.807) is 0 Å². The molecule has 0 fully saturated rings. The summed E-state index contributed by atoms with van der Waals surface area (Å²) in [6, 6.07) is 0. The Labute approximate surface area is 189 Å². The van der Waals surface area contributed by atoms with Crippen molar-refractivity contribution >= 4 is 5.78 Å². The van der Waals surface area contributed by atoms with Crippen molar-refractivity contribution < 1.29 is 23.7 Å². The number of hydrogen-bond donors (Lipinski definition) is 0. The molecule has 0 aromatic heterocycles. The van der Waals surface area contributed by atoms with E-state index in [4.69, 9.17) is 24.5 Å². The zero-order valence-corrected chi connectivity index (χ0v) is 19.7. The van der Waals surface area contributed by atoms with Crippen LogP contribution in [0.2, 0.25) is 0 Å². The summed E-state index contributed by atoms with van der Waals surface area (Å²) >= 11 is 0. The monoisotopic (exact) mass is 443 g/mol. The maximum atomic E-state index is 11.9. The first-order valence-electron chi connectivity index (χ1n) is 12.1. The van der Waals surface area contributed by atoms with Gasteiger partial charge in [-0.1, -0.05) is 69.8 Å². The molecule has 0 aromatic rings. The Morgan fingerprint density at radius 2 is 1.10 bits per heavy atom. The average molecular weight is 444 g/mol. The van der Waals surface area contributed by atoms with Gasteiger partial charge in [0.25, 0.3) is 0 Å². The minimum absolute atomic E-state index is 0.301. The Balaban J connectivity index is 3.15. The number of ketones is 1. The molecule has 0 aliphatic heterocycles. The molecule has 0 rings (SSSR count). The Morgan fingerprint density at radius 3 is 1.61 bits per heavy atom. The quantitative estimate of drug-likeness (QED) is 0.0745. The topological polar surface area (TPSA) is 103 Å². The number of ether oxygens (including phenoxy) is 4. The standard InChI is InChI=1S/C23H45N3O5/c1-2-3-4-5-6-7-8-9-10-11-12-23(27)13-15-28-17-19-30-21-22-31-20-18-29-16-14-25-26-24/h2-22H2,1H3. The summed E-state index contributed by atoms with van der Waals surface area (Å²) in [6.45, 7) is 6.41. The molecular weight excluding hydrogens is 398 g/mol. The zero-order chi connectivity index (χ0) is 22.7. The van der Waals surface area contributed by atoms with Crippen LogP contribution in [0.25, 0.3) is 10.4 Å². The number of hydrogen-bond acceptors (Lipinski definition) is 6. The van der Waals surface area contributed by atoms with Crippen LogP contribution in [0.1, 0.15) is 84.0 Å². The average Bonchev–Trinajstić information content (AvgIpc) is 2.77. The third-order valence-electron chi connectivity index (χ3n) is 4.85. The van der Waals surface area contributed by atoms with Crippen molar-refractivity contribution in [3.8, 4) is 0 Å². The second-order valence-electron chi connectivity index (χ2n) is 7.62. The summed E-state index contributed by atoms with van der Waals surface area (Å²) in [4.78, 5) is 14.5. The molecule has 0 atom stereocenters. The van der Waals surface area contributed by atoms with Gasteiger partial charge in [-0.25, -0.2) is 0 Å². The van der Waals surface area contributed by atoms with Gasteiger partial charge in [-0.15, -0.1) is 0 Å². The summed E-state index contributed by atoms with van der Waals surface area (Å²) in [6.07, 6.45) is 14.1. The molecular formula is C23H45N3O5. The minimum Gasteiger partial charge on any atom is -0.379 e. The van der Waals surface area contributed by atoms with E-state index in [1.807, 2.05) is 0 Å². The van der Waals surface area contributed by atoms with Gasteiger partial charge >= 0.3 is 0 Å². The van der Waals surface area contributed by atoms with Crippen molar-refractivity contribution in [2.45, 2.75) is 84.0 Å². The number of nitrogens with zero attached hydrogens (tertiary/aromatic N) is 3. The van der Waals surface area contributed by atoms with E-state index in [2.05, 4.69) is 16.9 Å². The van der Waals surface area contributed by atoms with E-state index >= 15 is 0 Å². The molecule has 8 heteroatoms. The molecule has 0 unspecified atom stereocenters. The van der Waals surface area contributed by atoms with Crippen LogP contribution in [0.5, 0.6) is 0 Å². The molecule has 0 saturated heterocycles. The number of unbranched alkanes of at least 4 members (excludes halogenated alkanes) is 9. The van der Waals surface area contributed by atoms with Crippen LogP contribution in [0.4, 0.5) is 0 Å². The van der Waals surface area contributed by atoms with Gasteiger partial charge in [-0.2, -0.15) is 0 Å². The predicted octanol–water partition coefficient (Wildman–Crippen LogP) is 5.63. The first-order valence-corrected chi connectivity index (χ1v) is 12.1. The Kier molecular flexibility index (Phi) is 25.8. The Bertz CT molecular complexity index is 431. The highest BCUT2D eigenvalue weighted by atomic mass is 16.6. The third-order valence-corrected chi connectivity index (χ3v) is 4.85. The van der Waals surface area contributed by atoms with E-state index in [9.17, 15) is 4.79 Å². The molecule has 0 aromatic carbocycles. The van der Waals surface area contributed by atoms with E-state index in [1.165, 1.54) is 57.8 Å². The molecule has 182 valence electrons. The van der Waals surface area contributed by atoms with Crippen molar-refractivity contribution in [3.63, 3.8) is 0 Å². The van der Waals surface area contributed by atoms with Crippen LogP contribution in [0, 0.1) is 0 Å². The van der Waals surface area contributed by atoms with Crippen molar-refractivity contribution in [3.05, 3.63) is 10.4 Å². The van der Waals surface area contributed by atoms with E-state index in [0.29, 0.717) is 78.0 Å². The van der Waals surface area contributed by atoms with Crippen molar-refractivity contribution in [2.24, 2.45) is 5.11 Å². The van der Waals surface area contributed by atoms with Crippen LogP contribution >= 0.6 is 0 Å². The lowest BCUT2D eigenvalue weighted by molar-refractivity contribution is -0.120. The normalized spacial score (nSPS) is 10.9. The van der Waals surface area contributed by atoms with E-state index < -0.39 is 0 Å². The maximum Gasteiger partial charge on any atom is 0.135 e. The molecule has 31 heavy (non-hydrogen) atoms. The van der Waals surface area contributed by atoms with Crippen LogP contribution in [0.15, 0.2) is 5.11 Å². The minimum atomic E-state index is 0.301. The molecule has 8 nitrogen and oxygen atoms in total. The summed E-state index contributed by atoms with van der Waals surface area (Å²) in [5.74, 6) is 0.301. The van der Waals surface area contributed by atoms with E-state index in [-0.39, 0.29) is 0 Å². The highest BCUT2D eigenvalue weighted by molar-refractivity contribution is 5.78. The van der Waals surface area contributed by atoms with Crippen molar-refractivity contribution in [1.82, 2.24) is 0 Å². The van der Waals surface area contributed by atoms with Gasteiger partial charge in [-0.3, -0.25) is 4.79 Å².